The molecule has 0 aliphatic heterocycles. The SMILES string of the molecule is Nc1ncnc(NCCCc2ncn[nH]2)c1Cl. The number of nitrogen functional groups attached to an aromatic ring is 1. The standard InChI is InChI=1S/C9H12ClN7/c10-7-8(11)14-4-15-9(7)12-3-1-2-6-13-5-16-17-6/h4-5H,1-3H2,(H,13,16,17)(H3,11,12,14,15). The van der Waals surface area contributed by atoms with Crippen molar-refractivity contribution in [2.45, 2.75) is 12.8 Å². The molecule has 0 fully saturated rings. The van der Waals surface area contributed by atoms with Gasteiger partial charge in [-0.05, 0) is 6.42 Å². The van der Waals surface area contributed by atoms with E-state index >= 15 is 0 Å². The molecular weight excluding hydrogens is 242 g/mol. The van der Waals surface area contributed by atoms with E-state index < -0.39 is 0 Å². The van der Waals surface area contributed by atoms with Crippen LogP contribution >= 0.6 is 11.6 Å². The van der Waals surface area contributed by atoms with Crippen LogP contribution < -0.4 is 11.1 Å². The summed E-state index contributed by atoms with van der Waals surface area (Å²) in [4.78, 5) is 11.8. The predicted octanol–water partition coefficient (Wildman–Crippen LogP) is 0.875. The smallest absolute Gasteiger partial charge is 0.150 e. The van der Waals surface area contributed by atoms with Gasteiger partial charge in [-0.25, -0.2) is 15.0 Å². The molecule has 2 aromatic rings. The lowest BCUT2D eigenvalue weighted by Crippen LogP contribution is -2.07. The molecule has 0 aromatic carbocycles. The number of nitrogens with zero attached hydrogens (tertiary/aromatic N) is 4. The Hall–Kier alpha value is -1.89. The van der Waals surface area contributed by atoms with Crippen LogP contribution in [-0.4, -0.2) is 31.7 Å². The van der Waals surface area contributed by atoms with Gasteiger partial charge in [0.25, 0.3) is 0 Å². The van der Waals surface area contributed by atoms with Gasteiger partial charge in [0.15, 0.2) is 0 Å². The van der Waals surface area contributed by atoms with Gasteiger partial charge in [-0.15, -0.1) is 0 Å². The van der Waals surface area contributed by atoms with Crippen molar-refractivity contribution in [3.63, 3.8) is 0 Å². The Labute approximate surface area is 103 Å². The molecular formula is C9H12ClN7. The number of halogens is 1. The summed E-state index contributed by atoms with van der Waals surface area (Å²) >= 11 is 5.93. The van der Waals surface area contributed by atoms with Crippen molar-refractivity contribution in [1.82, 2.24) is 25.1 Å². The molecule has 0 atom stereocenters. The molecule has 0 aliphatic carbocycles. The second kappa shape index (κ2) is 5.44. The fourth-order valence-corrected chi connectivity index (χ4v) is 1.48. The normalized spacial score (nSPS) is 10.4. The first-order chi connectivity index (χ1) is 8.27. The fraction of sp³-hybridized carbons (Fsp3) is 0.333. The molecule has 0 aliphatic rings. The number of H-pyrrole nitrogens is 1. The molecule has 0 amide bonds. The summed E-state index contributed by atoms with van der Waals surface area (Å²) < 4.78 is 0. The Bertz CT molecular complexity index is 470. The number of hydrogen-bond donors (Lipinski definition) is 3. The Morgan fingerprint density at radius 3 is 2.94 bits per heavy atom. The lowest BCUT2D eigenvalue weighted by Gasteiger charge is -2.07. The number of anilines is 2. The van der Waals surface area contributed by atoms with Gasteiger partial charge in [-0.1, -0.05) is 11.6 Å². The quantitative estimate of drug-likeness (QED) is 0.683. The minimum absolute atomic E-state index is 0.277. The molecule has 0 radical (unpaired) electrons. The molecule has 0 saturated carbocycles. The molecule has 0 bridgehead atoms. The monoisotopic (exact) mass is 253 g/mol. The van der Waals surface area contributed by atoms with Gasteiger partial charge in [0.05, 0.1) is 0 Å². The summed E-state index contributed by atoms with van der Waals surface area (Å²) in [5, 5.41) is 10.0. The second-order valence-electron chi connectivity index (χ2n) is 3.38. The maximum atomic E-state index is 5.93. The Kier molecular flexibility index (Phi) is 3.71. The average molecular weight is 254 g/mol. The van der Waals surface area contributed by atoms with E-state index in [1.807, 2.05) is 0 Å². The van der Waals surface area contributed by atoms with Gasteiger partial charge < -0.3 is 11.1 Å². The fourth-order valence-electron chi connectivity index (χ4n) is 1.32. The van der Waals surface area contributed by atoms with Gasteiger partial charge in [0, 0.05) is 13.0 Å². The molecule has 2 aromatic heterocycles. The summed E-state index contributed by atoms with van der Waals surface area (Å²) in [6.07, 6.45) is 4.56. The van der Waals surface area contributed by atoms with E-state index in [4.69, 9.17) is 17.3 Å². The summed E-state index contributed by atoms with van der Waals surface area (Å²) in [7, 11) is 0. The van der Waals surface area contributed by atoms with Gasteiger partial charge >= 0.3 is 0 Å². The number of hydrogen-bond acceptors (Lipinski definition) is 6. The number of aromatic nitrogens is 5. The van der Waals surface area contributed by atoms with Crippen LogP contribution in [0.1, 0.15) is 12.2 Å². The maximum absolute atomic E-state index is 5.93. The molecule has 17 heavy (non-hydrogen) atoms. The third-order valence-electron chi connectivity index (χ3n) is 2.16. The van der Waals surface area contributed by atoms with Crippen molar-refractivity contribution in [3.05, 3.63) is 23.5 Å². The largest absolute Gasteiger partial charge is 0.382 e. The highest BCUT2D eigenvalue weighted by Gasteiger charge is 2.05. The van der Waals surface area contributed by atoms with Crippen molar-refractivity contribution in [2.75, 3.05) is 17.6 Å². The van der Waals surface area contributed by atoms with E-state index in [0.29, 0.717) is 10.8 Å². The van der Waals surface area contributed by atoms with Crippen LogP contribution in [0.2, 0.25) is 5.02 Å². The van der Waals surface area contributed by atoms with E-state index in [1.165, 1.54) is 12.7 Å². The highest BCUT2D eigenvalue weighted by Crippen LogP contribution is 2.22. The first-order valence-corrected chi connectivity index (χ1v) is 5.49. The summed E-state index contributed by atoms with van der Waals surface area (Å²) in [5.41, 5.74) is 5.56. The lowest BCUT2D eigenvalue weighted by molar-refractivity contribution is 0.803. The molecule has 0 unspecified atom stereocenters. The highest BCUT2D eigenvalue weighted by atomic mass is 35.5. The van der Waals surface area contributed by atoms with Gasteiger partial charge in [-0.2, -0.15) is 5.10 Å². The minimum Gasteiger partial charge on any atom is -0.382 e. The second-order valence-corrected chi connectivity index (χ2v) is 3.76. The molecule has 4 N–H and O–H groups in total. The molecule has 8 heteroatoms. The number of nitrogens with one attached hydrogen (secondary N) is 2. The first-order valence-electron chi connectivity index (χ1n) is 5.11. The molecule has 2 rings (SSSR count). The summed E-state index contributed by atoms with van der Waals surface area (Å²) in [6, 6.07) is 0. The molecule has 90 valence electrons. The minimum atomic E-state index is 0.277. The number of rotatable bonds is 5. The zero-order chi connectivity index (χ0) is 12.1. The third-order valence-corrected chi connectivity index (χ3v) is 2.54. The molecule has 0 saturated heterocycles. The van der Waals surface area contributed by atoms with Gasteiger partial charge in [0.2, 0.25) is 0 Å². The van der Waals surface area contributed by atoms with Crippen molar-refractivity contribution < 1.29 is 0 Å². The summed E-state index contributed by atoms with van der Waals surface area (Å²) in [5.74, 6) is 1.69. The van der Waals surface area contributed by atoms with Gasteiger partial charge in [0.1, 0.15) is 35.1 Å². The summed E-state index contributed by atoms with van der Waals surface area (Å²) in [6.45, 7) is 0.719. The van der Waals surface area contributed by atoms with E-state index in [1.54, 1.807) is 0 Å². The van der Waals surface area contributed by atoms with Crippen LogP contribution in [-0.2, 0) is 6.42 Å². The van der Waals surface area contributed by atoms with Crippen LogP contribution in [0.5, 0.6) is 0 Å². The van der Waals surface area contributed by atoms with Crippen LogP contribution in [0.3, 0.4) is 0 Å². The lowest BCUT2D eigenvalue weighted by atomic mass is 10.3. The third kappa shape index (κ3) is 3.04. The molecule has 2 heterocycles. The van der Waals surface area contributed by atoms with Crippen molar-refractivity contribution in [1.29, 1.82) is 0 Å². The van der Waals surface area contributed by atoms with E-state index in [-0.39, 0.29) is 5.82 Å². The van der Waals surface area contributed by atoms with Gasteiger partial charge in [-0.3, -0.25) is 5.10 Å². The Balaban J connectivity index is 1.80. The first kappa shape index (κ1) is 11.6. The zero-order valence-corrected chi connectivity index (χ0v) is 9.78. The van der Waals surface area contributed by atoms with E-state index in [2.05, 4.69) is 30.5 Å². The van der Waals surface area contributed by atoms with E-state index in [0.717, 1.165) is 25.2 Å². The number of nitrogens with two attached hydrogens (primary N) is 1. The van der Waals surface area contributed by atoms with Crippen LogP contribution in [0, 0.1) is 0 Å². The maximum Gasteiger partial charge on any atom is 0.150 e. The zero-order valence-electron chi connectivity index (χ0n) is 9.02. The van der Waals surface area contributed by atoms with Crippen molar-refractivity contribution >= 4 is 23.2 Å². The number of aryl methyl sites for hydroxylation is 1. The van der Waals surface area contributed by atoms with E-state index in [9.17, 15) is 0 Å². The predicted molar refractivity (Wildman–Crippen MR) is 64.6 cm³/mol. The van der Waals surface area contributed by atoms with Crippen LogP contribution in [0.15, 0.2) is 12.7 Å². The molecule has 0 spiro atoms. The van der Waals surface area contributed by atoms with Crippen LogP contribution in [0.4, 0.5) is 11.6 Å². The Morgan fingerprint density at radius 2 is 2.18 bits per heavy atom. The molecule has 7 nitrogen and oxygen atoms in total. The average Bonchev–Trinajstić information content (AvgIpc) is 2.83. The highest BCUT2D eigenvalue weighted by molar-refractivity contribution is 6.35. The number of aromatic amines is 1. The topological polar surface area (TPSA) is 105 Å². The van der Waals surface area contributed by atoms with Crippen molar-refractivity contribution in [3.8, 4) is 0 Å². The van der Waals surface area contributed by atoms with Crippen LogP contribution in [0.25, 0.3) is 0 Å². The van der Waals surface area contributed by atoms with Crippen molar-refractivity contribution in [2.24, 2.45) is 0 Å². The Morgan fingerprint density at radius 1 is 1.29 bits per heavy atom.